The van der Waals surface area contributed by atoms with Crippen LogP contribution < -0.4 is 10.5 Å². The summed E-state index contributed by atoms with van der Waals surface area (Å²) in [5, 5.41) is 21.6. The van der Waals surface area contributed by atoms with E-state index in [2.05, 4.69) is 10.1 Å². The Morgan fingerprint density at radius 3 is 2.45 bits per heavy atom. The summed E-state index contributed by atoms with van der Waals surface area (Å²) in [7, 11) is 0. The van der Waals surface area contributed by atoms with E-state index >= 15 is 0 Å². The van der Waals surface area contributed by atoms with E-state index in [1.165, 1.54) is 23.1 Å². The Balaban J connectivity index is 1.45. The van der Waals surface area contributed by atoms with Gasteiger partial charge in [0.1, 0.15) is 11.8 Å². The van der Waals surface area contributed by atoms with Gasteiger partial charge in [-0.25, -0.2) is 0 Å². The molecule has 4 rings (SSSR count). The Morgan fingerprint density at radius 1 is 1.11 bits per heavy atom. The lowest BCUT2D eigenvalue weighted by Crippen LogP contribution is -2.37. The van der Waals surface area contributed by atoms with Gasteiger partial charge in [0.05, 0.1) is 23.8 Å². The highest BCUT2D eigenvalue weighted by molar-refractivity contribution is 5.75. The number of aromatic nitrogens is 2. The zero-order chi connectivity index (χ0) is 27.7. The molecule has 1 aromatic heterocycles. The van der Waals surface area contributed by atoms with Crippen LogP contribution in [-0.2, 0) is 18.8 Å². The molecule has 38 heavy (non-hydrogen) atoms. The van der Waals surface area contributed by atoms with E-state index in [0.717, 1.165) is 24.3 Å². The summed E-state index contributed by atoms with van der Waals surface area (Å²) < 4.78 is 89.9. The number of hydrogen-bond donors (Lipinski definition) is 3. The Morgan fingerprint density at radius 2 is 1.82 bits per heavy atom. The predicted octanol–water partition coefficient (Wildman–Crippen LogP) is 4.79. The van der Waals surface area contributed by atoms with Gasteiger partial charge >= 0.3 is 12.4 Å². The maximum atomic E-state index is 13.8. The number of aliphatic hydroxyl groups is 1. The second kappa shape index (κ2) is 10.5. The van der Waals surface area contributed by atoms with Gasteiger partial charge in [0.2, 0.25) is 5.82 Å². The van der Waals surface area contributed by atoms with Crippen LogP contribution in [-0.4, -0.2) is 45.4 Å². The van der Waals surface area contributed by atoms with Crippen LogP contribution in [0.15, 0.2) is 47.0 Å². The first-order chi connectivity index (χ1) is 17.8. The molecular weight excluding hydrogens is 520 g/mol. The van der Waals surface area contributed by atoms with Gasteiger partial charge < -0.3 is 25.0 Å². The third-order valence-electron chi connectivity index (χ3n) is 6.06. The number of aryl methyl sites for hydroxylation is 1. The number of aliphatic hydroxyl groups excluding tert-OH is 1. The number of nitrogens with one attached hydrogen (secondary N) is 1. The van der Waals surface area contributed by atoms with Crippen molar-refractivity contribution in [2.75, 3.05) is 13.2 Å². The standard InChI is InChI=1S/C24H23F6N5O3/c25-23(26,27)15-6-3-13(4-7-15)2-1-11-37-18-8-5-14(12-16(18)24(28,29)30)20-33-21(38-34-20)19-17(36)9-10-35(19)22(31)32/h3-8,12,17,19,36H,1-2,9-11H2,(H3,31,32)/t17-,19?/m0/s1. The van der Waals surface area contributed by atoms with Gasteiger partial charge in [-0.05, 0) is 55.2 Å². The molecule has 2 atom stereocenters. The van der Waals surface area contributed by atoms with Gasteiger partial charge in [-0.15, -0.1) is 0 Å². The fourth-order valence-electron chi connectivity index (χ4n) is 4.15. The minimum absolute atomic E-state index is 0.00806. The van der Waals surface area contributed by atoms with Gasteiger partial charge in [0.15, 0.2) is 5.96 Å². The lowest BCUT2D eigenvalue weighted by Gasteiger charge is -2.22. The first-order valence-corrected chi connectivity index (χ1v) is 11.5. The van der Waals surface area contributed by atoms with Crippen molar-refractivity contribution in [2.24, 2.45) is 5.73 Å². The minimum atomic E-state index is -4.77. The number of alkyl halides is 6. The van der Waals surface area contributed by atoms with Gasteiger partial charge in [-0.3, -0.25) is 5.41 Å². The molecule has 1 unspecified atom stereocenters. The van der Waals surface area contributed by atoms with Gasteiger partial charge in [-0.2, -0.15) is 31.3 Å². The van der Waals surface area contributed by atoms with E-state index in [0.29, 0.717) is 18.4 Å². The average Bonchev–Trinajstić information content (AvgIpc) is 3.47. The molecule has 1 saturated heterocycles. The number of nitrogens with zero attached hydrogens (tertiary/aromatic N) is 3. The molecule has 0 bridgehead atoms. The molecule has 1 fully saturated rings. The van der Waals surface area contributed by atoms with Crippen molar-refractivity contribution in [2.45, 2.75) is 43.8 Å². The predicted molar refractivity (Wildman–Crippen MR) is 122 cm³/mol. The Bertz CT molecular complexity index is 1280. The van der Waals surface area contributed by atoms with E-state index in [1.807, 2.05) is 0 Å². The summed E-state index contributed by atoms with van der Waals surface area (Å²) in [4.78, 5) is 5.47. The largest absolute Gasteiger partial charge is 0.493 e. The molecule has 1 aliphatic rings. The number of hydrogen-bond acceptors (Lipinski definition) is 6. The second-order valence-corrected chi connectivity index (χ2v) is 8.69. The van der Waals surface area contributed by atoms with Crippen LogP contribution in [0.4, 0.5) is 26.3 Å². The third-order valence-corrected chi connectivity index (χ3v) is 6.06. The number of halogens is 6. The molecule has 8 nitrogen and oxygen atoms in total. The molecule has 14 heteroatoms. The van der Waals surface area contributed by atoms with E-state index in [1.54, 1.807) is 0 Å². The molecule has 2 aromatic carbocycles. The van der Waals surface area contributed by atoms with Crippen LogP contribution in [0.25, 0.3) is 11.4 Å². The molecule has 204 valence electrons. The van der Waals surface area contributed by atoms with Crippen LogP contribution in [0.3, 0.4) is 0 Å². The lowest BCUT2D eigenvalue weighted by molar-refractivity contribution is -0.139. The van der Waals surface area contributed by atoms with Crippen LogP contribution in [0.1, 0.15) is 41.5 Å². The summed E-state index contributed by atoms with van der Waals surface area (Å²) in [6.07, 6.45) is -9.28. The van der Waals surface area contributed by atoms with E-state index in [9.17, 15) is 31.4 Å². The number of likely N-dealkylation sites (tertiary alicyclic amines) is 1. The summed E-state index contributed by atoms with van der Waals surface area (Å²) >= 11 is 0. The highest BCUT2D eigenvalue weighted by Gasteiger charge is 2.40. The molecule has 3 aromatic rings. The van der Waals surface area contributed by atoms with Gasteiger partial charge in [-0.1, -0.05) is 17.3 Å². The summed E-state index contributed by atoms with van der Waals surface area (Å²) in [6.45, 7) is 0.179. The van der Waals surface area contributed by atoms with Crippen molar-refractivity contribution in [3.05, 3.63) is 65.0 Å². The molecule has 2 heterocycles. The Labute approximate surface area is 212 Å². The average molecular weight is 543 g/mol. The fourth-order valence-corrected chi connectivity index (χ4v) is 4.15. The number of ether oxygens (including phenoxy) is 1. The van der Waals surface area contributed by atoms with Crippen molar-refractivity contribution in [3.8, 4) is 17.1 Å². The molecule has 0 spiro atoms. The molecule has 0 aliphatic carbocycles. The van der Waals surface area contributed by atoms with Crippen molar-refractivity contribution in [3.63, 3.8) is 0 Å². The van der Waals surface area contributed by atoms with Crippen molar-refractivity contribution >= 4 is 5.96 Å². The zero-order valence-electron chi connectivity index (χ0n) is 19.7. The molecular formula is C24H23F6N5O3. The number of guanidine groups is 1. The summed E-state index contributed by atoms with van der Waals surface area (Å²) in [6, 6.07) is 6.91. The molecule has 0 saturated carbocycles. The third kappa shape index (κ3) is 6.01. The molecule has 0 amide bonds. The van der Waals surface area contributed by atoms with Crippen molar-refractivity contribution in [1.82, 2.24) is 15.0 Å². The van der Waals surface area contributed by atoms with Crippen LogP contribution in [0.2, 0.25) is 0 Å². The van der Waals surface area contributed by atoms with Crippen molar-refractivity contribution in [1.29, 1.82) is 5.41 Å². The Hall–Kier alpha value is -3.81. The highest BCUT2D eigenvalue weighted by atomic mass is 19.4. The topological polar surface area (TPSA) is 121 Å². The number of benzene rings is 2. The maximum absolute atomic E-state index is 13.8. The fraction of sp³-hybridized carbons (Fsp3) is 0.375. The van der Waals surface area contributed by atoms with Crippen molar-refractivity contribution < 1.29 is 40.7 Å². The van der Waals surface area contributed by atoms with E-state index in [4.69, 9.17) is 20.4 Å². The van der Waals surface area contributed by atoms with Gasteiger partial charge in [0, 0.05) is 12.1 Å². The van der Waals surface area contributed by atoms with Crippen LogP contribution in [0, 0.1) is 5.41 Å². The van der Waals surface area contributed by atoms with E-state index < -0.39 is 41.4 Å². The minimum Gasteiger partial charge on any atom is -0.493 e. The van der Waals surface area contributed by atoms with E-state index in [-0.39, 0.29) is 42.8 Å². The number of rotatable bonds is 7. The second-order valence-electron chi connectivity index (χ2n) is 8.69. The SMILES string of the molecule is N=C(N)N1CC[C@H](O)C1c1nc(-c2ccc(OCCCc3ccc(C(F)(F)F)cc3)c(C(F)(F)F)c2)no1. The first kappa shape index (κ1) is 27.2. The smallest absolute Gasteiger partial charge is 0.419 e. The molecule has 4 N–H and O–H groups in total. The number of nitrogens with two attached hydrogens (primary N) is 1. The monoisotopic (exact) mass is 543 g/mol. The lowest BCUT2D eigenvalue weighted by atomic mass is 10.1. The quantitative estimate of drug-likeness (QED) is 0.170. The highest BCUT2D eigenvalue weighted by Crippen LogP contribution is 2.39. The summed E-state index contributed by atoms with van der Waals surface area (Å²) in [5.41, 5.74) is 4.26. The maximum Gasteiger partial charge on any atom is 0.419 e. The summed E-state index contributed by atoms with van der Waals surface area (Å²) in [5.74, 6) is -0.976. The molecule has 1 aliphatic heterocycles. The molecule has 0 radical (unpaired) electrons. The normalized spacial score (nSPS) is 18.1. The zero-order valence-corrected chi connectivity index (χ0v) is 19.7. The van der Waals surface area contributed by atoms with Crippen LogP contribution >= 0.6 is 0 Å². The van der Waals surface area contributed by atoms with Gasteiger partial charge in [0.25, 0.3) is 5.89 Å². The van der Waals surface area contributed by atoms with Crippen LogP contribution in [0.5, 0.6) is 5.75 Å². The Kier molecular flexibility index (Phi) is 7.54. The first-order valence-electron chi connectivity index (χ1n) is 11.5.